The van der Waals surface area contributed by atoms with Crippen LogP contribution in [0.1, 0.15) is 5.56 Å². The van der Waals surface area contributed by atoms with Crippen molar-refractivity contribution in [3.05, 3.63) is 34.6 Å². The first kappa shape index (κ1) is 18.3. The summed E-state index contributed by atoms with van der Waals surface area (Å²) < 4.78 is 51.6. The van der Waals surface area contributed by atoms with E-state index < -0.39 is 48.9 Å². The number of alkyl halides is 3. The van der Waals surface area contributed by atoms with Crippen molar-refractivity contribution >= 4 is 23.6 Å². The van der Waals surface area contributed by atoms with Crippen LogP contribution in [0, 0.1) is 17.7 Å². The molecule has 1 fully saturated rings. The summed E-state index contributed by atoms with van der Waals surface area (Å²) in [5.74, 6) is -6.04. The third kappa shape index (κ3) is 4.08. The summed E-state index contributed by atoms with van der Waals surface area (Å²) in [7, 11) is 0. The van der Waals surface area contributed by atoms with Crippen LogP contribution < -0.4 is 5.32 Å². The quantitative estimate of drug-likeness (QED) is 0.806. The Kier molecular flexibility index (Phi) is 5.22. The zero-order chi connectivity index (χ0) is 18.1. The third-order valence-corrected chi connectivity index (χ3v) is 4.06. The second-order valence-electron chi connectivity index (χ2n) is 5.40. The highest BCUT2D eigenvalue weighted by Crippen LogP contribution is 2.37. The van der Waals surface area contributed by atoms with Gasteiger partial charge in [-0.1, -0.05) is 17.7 Å². The zero-order valence-electron chi connectivity index (χ0n) is 12.1. The summed E-state index contributed by atoms with van der Waals surface area (Å²) in [4.78, 5) is 23.7. The Balaban J connectivity index is 2.00. The highest BCUT2D eigenvalue weighted by molar-refractivity contribution is 6.30. The molecule has 1 heterocycles. The van der Waals surface area contributed by atoms with E-state index in [4.69, 9.17) is 16.7 Å². The van der Waals surface area contributed by atoms with E-state index in [9.17, 15) is 27.2 Å². The van der Waals surface area contributed by atoms with Gasteiger partial charge in [-0.3, -0.25) is 4.79 Å². The number of hydrogen-bond acceptors (Lipinski definition) is 2. The summed E-state index contributed by atoms with van der Waals surface area (Å²) >= 11 is 5.59. The van der Waals surface area contributed by atoms with Crippen LogP contribution >= 0.6 is 11.6 Å². The van der Waals surface area contributed by atoms with Crippen LogP contribution in [0.15, 0.2) is 18.2 Å². The fourth-order valence-electron chi connectivity index (χ4n) is 2.49. The normalized spacial score (nSPS) is 21.0. The van der Waals surface area contributed by atoms with E-state index in [-0.39, 0.29) is 11.6 Å². The number of nitrogens with zero attached hydrogens (tertiary/aromatic N) is 1. The van der Waals surface area contributed by atoms with E-state index in [2.05, 4.69) is 5.32 Å². The van der Waals surface area contributed by atoms with Gasteiger partial charge in [0.05, 0.1) is 16.9 Å². The van der Waals surface area contributed by atoms with E-state index in [1.807, 2.05) is 0 Å². The van der Waals surface area contributed by atoms with Crippen LogP contribution in [0.4, 0.5) is 22.4 Å². The number of hydrogen-bond donors (Lipinski definition) is 2. The van der Waals surface area contributed by atoms with E-state index in [1.165, 1.54) is 12.1 Å². The molecule has 0 aliphatic carbocycles. The number of likely N-dealkylation sites (tertiary alicyclic amines) is 1. The van der Waals surface area contributed by atoms with Crippen LogP contribution in [0.3, 0.4) is 0 Å². The Labute approximate surface area is 139 Å². The molecule has 132 valence electrons. The van der Waals surface area contributed by atoms with Crippen molar-refractivity contribution in [2.45, 2.75) is 12.7 Å². The number of amides is 2. The molecule has 1 aliphatic heterocycles. The zero-order valence-corrected chi connectivity index (χ0v) is 12.9. The number of carbonyl (C=O) groups excluding carboxylic acids is 1. The standard InChI is InChI=1S/C14H13ClF4N2O3/c15-10-3-7(1-2-11(10)16)4-20-13(24)21-5-8(12(22)23)9(6-21)14(17,18)19/h1-3,8-9H,4-6H2,(H,20,24)(H,22,23)/t8-,9-/m1/s1. The smallest absolute Gasteiger partial charge is 0.394 e. The van der Waals surface area contributed by atoms with Crippen LogP contribution in [-0.4, -0.2) is 41.3 Å². The summed E-state index contributed by atoms with van der Waals surface area (Å²) in [6.07, 6.45) is -4.71. The first-order chi connectivity index (χ1) is 11.1. The van der Waals surface area contributed by atoms with Crippen molar-refractivity contribution in [3.8, 4) is 0 Å². The average Bonchev–Trinajstić information content (AvgIpc) is 2.94. The Hall–Kier alpha value is -2.03. The van der Waals surface area contributed by atoms with Crippen molar-refractivity contribution in [2.75, 3.05) is 13.1 Å². The molecular weight excluding hydrogens is 356 g/mol. The highest BCUT2D eigenvalue weighted by atomic mass is 35.5. The van der Waals surface area contributed by atoms with Crippen LogP contribution in [-0.2, 0) is 11.3 Å². The van der Waals surface area contributed by atoms with Crippen LogP contribution in [0.25, 0.3) is 0 Å². The lowest BCUT2D eigenvalue weighted by Crippen LogP contribution is -2.39. The van der Waals surface area contributed by atoms with Crippen molar-refractivity contribution in [1.82, 2.24) is 10.2 Å². The van der Waals surface area contributed by atoms with Gasteiger partial charge in [0.15, 0.2) is 0 Å². The van der Waals surface area contributed by atoms with Gasteiger partial charge in [0.2, 0.25) is 0 Å². The molecule has 10 heteroatoms. The maximum Gasteiger partial charge on any atom is 0.394 e. The molecule has 0 unspecified atom stereocenters. The minimum absolute atomic E-state index is 0.0796. The molecule has 1 aliphatic rings. The Morgan fingerprint density at radius 3 is 2.50 bits per heavy atom. The molecule has 0 saturated carbocycles. The van der Waals surface area contributed by atoms with Crippen molar-refractivity contribution in [3.63, 3.8) is 0 Å². The van der Waals surface area contributed by atoms with Gasteiger partial charge in [-0.2, -0.15) is 13.2 Å². The molecule has 1 saturated heterocycles. The van der Waals surface area contributed by atoms with Gasteiger partial charge >= 0.3 is 18.2 Å². The first-order valence-corrected chi connectivity index (χ1v) is 7.23. The third-order valence-electron chi connectivity index (χ3n) is 3.77. The van der Waals surface area contributed by atoms with Crippen molar-refractivity contribution in [2.24, 2.45) is 11.8 Å². The molecule has 0 radical (unpaired) electrons. The number of benzene rings is 1. The largest absolute Gasteiger partial charge is 0.481 e. The van der Waals surface area contributed by atoms with Gasteiger partial charge in [0.1, 0.15) is 5.82 Å². The minimum Gasteiger partial charge on any atom is -0.481 e. The number of carboxylic acid groups (broad SMARTS) is 1. The molecule has 2 amide bonds. The van der Waals surface area contributed by atoms with E-state index in [0.717, 1.165) is 11.0 Å². The van der Waals surface area contributed by atoms with Gasteiger partial charge in [0.25, 0.3) is 0 Å². The molecule has 2 rings (SSSR count). The van der Waals surface area contributed by atoms with E-state index in [1.54, 1.807) is 0 Å². The summed E-state index contributed by atoms with van der Waals surface area (Å²) in [5.41, 5.74) is 0.455. The lowest BCUT2D eigenvalue weighted by atomic mass is 9.96. The molecule has 5 nitrogen and oxygen atoms in total. The molecule has 2 atom stereocenters. The minimum atomic E-state index is -4.71. The molecule has 1 aromatic rings. The van der Waals surface area contributed by atoms with Gasteiger partial charge in [0, 0.05) is 19.6 Å². The SMILES string of the molecule is O=C(O)[C@@H]1CN(C(=O)NCc2ccc(F)c(Cl)c2)C[C@H]1C(F)(F)F. The summed E-state index contributed by atoms with van der Waals surface area (Å²) in [5, 5.41) is 11.1. The molecule has 0 bridgehead atoms. The number of carbonyl (C=O) groups is 2. The maximum absolute atomic E-state index is 13.0. The number of nitrogens with one attached hydrogen (secondary N) is 1. The Bertz CT molecular complexity index is 653. The second kappa shape index (κ2) is 6.84. The maximum atomic E-state index is 13.0. The first-order valence-electron chi connectivity index (χ1n) is 6.86. The fraction of sp³-hybridized carbons (Fsp3) is 0.429. The number of aliphatic carboxylic acids is 1. The molecule has 2 N–H and O–H groups in total. The number of rotatable bonds is 3. The van der Waals surface area contributed by atoms with Gasteiger partial charge in [-0.15, -0.1) is 0 Å². The number of carboxylic acids is 1. The molecule has 0 spiro atoms. The lowest BCUT2D eigenvalue weighted by molar-refractivity contribution is -0.187. The average molecular weight is 369 g/mol. The van der Waals surface area contributed by atoms with Gasteiger partial charge < -0.3 is 15.3 Å². The lowest BCUT2D eigenvalue weighted by Gasteiger charge is -2.18. The summed E-state index contributed by atoms with van der Waals surface area (Å²) in [6, 6.07) is 2.91. The van der Waals surface area contributed by atoms with Crippen LogP contribution in [0.5, 0.6) is 0 Å². The summed E-state index contributed by atoms with van der Waals surface area (Å²) in [6.45, 7) is -1.34. The van der Waals surface area contributed by atoms with E-state index in [0.29, 0.717) is 5.56 Å². The second-order valence-corrected chi connectivity index (χ2v) is 5.81. The molecule has 24 heavy (non-hydrogen) atoms. The molecule has 1 aromatic carbocycles. The number of halogens is 5. The van der Waals surface area contributed by atoms with Crippen molar-refractivity contribution < 1.29 is 32.3 Å². The van der Waals surface area contributed by atoms with E-state index >= 15 is 0 Å². The fourth-order valence-corrected chi connectivity index (χ4v) is 2.69. The monoisotopic (exact) mass is 368 g/mol. The Morgan fingerprint density at radius 1 is 1.33 bits per heavy atom. The van der Waals surface area contributed by atoms with Gasteiger partial charge in [-0.25, -0.2) is 9.18 Å². The van der Waals surface area contributed by atoms with Gasteiger partial charge in [-0.05, 0) is 17.7 Å². The highest BCUT2D eigenvalue weighted by Gasteiger charge is 2.53. The predicted molar refractivity (Wildman–Crippen MR) is 75.9 cm³/mol. The molecular formula is C14H13ClF4N2O3. The topological polar surface area (TPSA) is 69.6 Å². The Morgan fingerprint density at radius 2 is 2.00 bits per heavy atom. The number of urea groups is 1. The van der Waals surface area contributed by atoms with Crippen molar-refractivity contribution in [1.29, 1.82) is 0 Å². The molecule has 0 aromatic heterocycles. The van der Waals surface area contributed by atoms with Crippen LogP contribution in [0.2, 0.25) is 5.02 Å². The predicted octanol–water partition coefficient (Wildman–Crippen LogP) is 2.88.